The van der Waals surface area contributed by atoms with E-state index in [1.165, 1.54) is 0 Å². The van der Waals surface area contributed by atoms with E-state index < -0.39 is 56.3 Å². The van der Waals surface area contributed by atoms with Crippen molar-refractivity contribution in [3.05, 3.63) is 91.5 Å². The molecule has 31 heavy (non-hydrogen) atoms. The molecule has 4 rings (SSSR count). The SMILES string of the molecule is O=C(c1ccc(F)c([N+](=O)[O-])c1)C1C2C=CC(C2)C1C(=O)c1ccc(F)c([N+](=O)[O-])c1. The van der Waals surface area contributed by atoms with Gasteiger partial charge in [-0.25, -0.2) is 0 Å². The second-order valence-corrected chi connectivity index (χ2v) is 7.57. The van der Waals surface area contributed by atoms with Gasteiger partial charge in [-0.2, -0.15) is 8.78 Å². The van der Waals surface area contributed by atoms with E-state index in [1.807, 2.05) is 0 Å². The average Bonchev–Trinajstić information content (AvgIpc) is 3.34. The summed E-state index contributed by atoms with van der Waals surface area (Å²) < 4.78 is 27.3. The summed E-state index contributed by atoms with van der Waals surface area (Å²) in [5.41, 5.74) is -1.88. The van der Waals surface area contributed by atoms with Crippen LogP contribution in [0.2, 0.25) is 0 Å². The third-order valence-electron chi connectivity index (χ3n) is 5.92. The third-order valence-corrected chi connectivity index (χ3v) is 5.92. The van der Waals surface area contributed by atoms with Gasteiger partial charge in [0.2, 0.25) is 11.6 Å². The fourth-order valence-electron chi connectivity index (χ4n) is 4.53. The highest BCUT2D eigenvalue weighted by Crippen LogP contribution is 2.50. The third kappa shape index (κ3) is 3.39. The fourth-order valence-corrected chi connectivity index (χ4v) is 4.53. The molecule has 0 heterocycles. The van der Waals surface area contributed by atoms with Crippen molar-refractivity contribution in [2.75, 3.05) is 0 Å². The van der Waals surface area contributed by atoms with Crippen LogP contribution in [-0.2, 0) is 0 Å². The lowest BCUT2D eigenvalue weighted by Crippen LogP contribution is -2.33. The van der Waals surface area contributed by atoms with E-state index in [0.29, 0.717) is 6.42 Å². The number of hydrogen-bond acceptors (Lipinski definition) is 6. The van der Waals surface area contributed by atoms with Gasteiger partial charge in [0, 0.05) is 35.1 Å². The first-order valence-corrected chi connectivity index (χ1v) is 9.33. The molecule has 8 nitrogen and oxygen atoms in total. The van der Waals surface area contributed by atoms with Gasteiger partial charge in [-0.05, 0) is 42.5 Å². The van der Waals surface area contributed by atoms with Gasteiger partial charge in [0.05, 0.1) is 9.85 Å². The molecule has 10 heteroatoms. The van der Waals surface area contributed by atoms with E-state index in [9.17, 15) is 38.6 Å². The number of benzene rings is 2. The molecule has 158 valence electrons. The van der Waals surface area contributed by atoms with Crippen LogP contribution in [0.25, 0.3) is 0 Å². The highest BCUT2D eigenvalue weighted by atomic mass is 19.1. The molecule has 2 aromatic rings. The summed E-state index contributed by atoms with van der Waals surface area (Å²) >= 11 is 0. The number of nitro groups is 2. The van der Waals surface area contributed by atoms with Crippen molar-refractivity contribution in [2.24, 2.45) is 23.7 Å². The van der Waals surface area contributed by atoms with Crippen LogP contribution >= 0.6 is 0 Å². The van der Waals surface area contributed by atoms with Gasteiger partial charge in [0.25, 0.3) is 0 Å². The molecule has 0 N–H and O–H groups in total. The van der Waals surface area contributed by atoms with Gasteiger partial charge in [0.1, 0.15) is 0 Å². The zero-order valence-corrected chi connectivity index (χ0v) is 15.7. The predicted molar refractivity (Wildman–Crippen MR) is 102 cm³/mol. The molecule has 2 aliphatic rings. The maximum absolute atomic E-state index is 13.7. The molecular formula is C21H14F2N2O6. The van der Waals surface area contributed by atoms with Crippen LogP contribution in [0, 0.1) is 55.5 Å². The standard InChI is InChI=1S/C21H14F2N2O6/c22-14-5-3-12(8-16(14)24(28)29)20(26)18-10-1-2-11(7-10)19(18)21(27)13-4-6-15(23)17(9-13)25(30)31/h1-6,8-11,18-19H,7H2. The minimum Gasteiger partial charge on any atom is -0.294 e. The monoisotopic (exact) mass is 428 g/mol. The molecule has 0 spiro atoms. The van der Waals surface area contributed by atoms with Crippen LogP contribution in [0.4, 0.5) is 20.2 Å². The number of allylic oxidation sites excluding steroid dienone is 2. The Kier molecular flexibility index (Phi) is 4.92. The Balaban J connectivity index is 1.71. The molecule has 0 radical (unpaired) electrons. The Labute approximate surface area is 173 Å². The number of carbonyl (C=O) groups excluding carboxylic acids is 2. The topological polar surface area (TPSA) is 120 Å². The van der Waals surface area contributed by atoms with Crippen molar-refractivity contribution >= 4 is 22.9 Å². The number of halogens is 2. The molecule has 1 saturated carbocycles. The lowest BCUT2D eigenvalue weighted by molar-refractivity contribution is -0.387. The molecule has 4 unspecified atom stereocenters. The summed E-state index contributed by atoms with van der Waals surface area (Å²) in [7, 11) is 0. The summed E-state index contributed by atoms with van der Waals surface area (Å²) in [4.78, 5) is 46.6. The van der Waals surface area contributed by atoms with E-state index in [1.54, 1.807) is 12.2 Å². The Bertz CT molecular complexity index is 1090. The molecule has 0 aliphatic heterocycles. The second kappa shape index (κ2) is 7.46. The maximum Gasteiger partial charge on any atom is 0.305 e. The van der Waals surface area contributed by atoms with Crippen LogP contribution in [0.5, 0.6) is 0 Å². The van der Waals surface area contributed by atoms with Crippen LogP contribution < -0.4 is 0 Å². The van der Waals surface area contributed by atoms with Gasteiger partial charge < -0.3 is 0 Å². The summed E-state index contributed by atoms with van der Waals surface area (Å²) in [5.74, 6) is -5.59. The number of hydrogen-bond donors (Lipinski definition) is 0. The molecule has 2 aliphatic carbocycles. The molecule has 0 aromatic heterocycles. The number of fused-ring (bicyclic) bond motifs is 2. The molecule has 2 aromatic carbocycles. The first kappa shape index (κ1) is 20.5. The Morgan fingerprint density at radius 2 is 1.16 bits per heavy atom. The molecule has 1 fully saturated rings. The molecular weight excluding hydrogens is 414 g/mol. The van der Waals surface area contributed by atoms with Crippen LogP contribution in [0.15, 0.2) is 48.6 Å². The molecule has 0 amide bonds. The van der Waals surface area contributed by atoms with E-state index in [-0.39, 0.29) is 23.0 Å². The first-order chi connectivity index (χ1) is 14.7. The fraction of sp³-hybridized carbons (Fsp3) is 0.238. The predicted octanol–water partition coefficient (Wildman–Crippen LogP) is 4.29. The number of carbonyl (C=O) groups is 2. The number of rotatable bonds is 6. The Morgan fingerprint density at radius 1 is 0.774 bits per heavy atom. The van der Waals surface area contributed by atoms with Gasteiger partial charge in [0.15, 0.2) is 11.6 Å². The Hall–Kier alpha value is -3.82. The number of nitrogens with zero attached hydrogens (tertiary/aromatic N) is 2. The maximum atomic E-state index is 13.7. The molecule has 0 saturated heterocycles. The van der Waals surface area contributed by atoms with Crippen LogP contribution in [-0.4, -0.2) is 21.4 Å². The molecule has 4 atom stereocenters. The van der Waals surface area contributed by atoms with E-state index in [2.05, 4.69) is 0 Å². The van der Waals surface area contributed by atoms with Crippen molar-refractivity contribution in [1.29, 1.82) is 0 Å². The van der Waals surface area contributed by atoms with Gasteiger partial charge in [-0.1, -0.05) is 12.2 Å². The van der Waals surface area contributed by atoms with Crippen LogP contribution in [0.3, 0.4) is 0 Å². The average molecular weight is 428 g/mol. The normalized spacial score (nSPS) is 23.7. The first-order valence-electron chi connectivity index (χ1n) is 9.33. The van der Waals surface area contributed by atoms with Crippen molar-refractivity contribution < 1.29 is 28.2 Å². The van der Waals surface area contributed by atoms with Crippen LogP contribution in [0.1, 0.15) is 27.1 Å². The summed E-state index contributed by atoms with van der Waals surface area (Å²) in [6, 6.07) is 5.60. The zero-order chi connectivity index (χ0) is 22.4. The lowest BCUT2D eigenvalue weighted by atomic mass is 9.75. The summed E-state index contributed by atoms with van der Waals surface area (Å²) in [6.45, 7) is 0. The zero-order valence-electron chi connectivity index (χ0n) is 15.7. The number of nitro benzene ring substituents is 2. The van der Waals surface area contributed by atoms with E-state index in [0.717, 1.165) is 36.4 Å². The number of Topliss-reactive ketones (excluding diaryl/α,β-unsaturated/α-hetero) is 2. The minimum atomic E-state index is -1.08. The highest BCUT2D eigenvalue weighted by Gasteiger charge is 2.51. The van der Waals surface area contributed by atoms with Gasteiger partial charge in [-0.15, -0.1) is 0 Å². The summed E-state index contributed by atoms with van der Waals surface area (Å²) in [6.07, 6.45) is 4.09. The smallest absolute Gasteiger partial charge is 0.294 e. The van der Waals surface area contributed by atoms with Crippen molar-refractivity contribution in [3.63, 3.8) is 0 Å². The lowest BCUT2D eigenvalue weighted by Gasteiger charge is -2.26. The van der Waals surface area contributed by atoms with Gasteiger partial charge >= 0.3 is 11.4 Å². The molecule has 2 bridgehead atoms. The quantitative estimate of drug-likeness (QED) is 0.293. The van der Waals surface area contributed by atoms with E-state index >= 15 is 0 Å². The minimum absolute atomic E-state index is 0.0954. The van der Waals surface area contributed by atoms with Crippen molar-refractivity contribution in [3.8, 4) is 0 Å². The number of ketones is 2. The largest absolute Gasteiger partial charge is 0.305 e. The van der Waals surface area contributed by atoms with Crippen molar-refractivity contribution in [1.82, 2.24) is 0 Å². The van der Waals surface area contributed by atoms with Gasteiger partial charge in [-0.3, -0.25) is 29.8 Å². The Morgan fingerprint density at radius 3 is 1.52 bits per heavy atom. The second-order valence-electron chi connectivity index (χ2n) is 7.57. The highest BCUT2D eigenvalue weighted by molar-refractivity contribution is 6.06. The summed E-state index contributed by atoms with van der Waals surface area (Å²) in [5, 5.41) is 22.0. The van der Waals surface area contributed by atoms with Crippen molar-refractivity contribution in [2.45, 2.75) is 6.42 Å². The van der Waals surface area contributed by atoms with E-state index in [4.69, 9.17) is 0 Å².